The second kappa shape index (κ2) is 5.29. The maximum Gasteiger partial charge on any atom is 0.131 e. The number of benzene rings is 1. The molecular weight excluding hydrogens is 302 g/mol. The number of hydrogen-bond donors (Lipinski definition) is 1. The monoisotopic (exact) mass is 309 g/mol. The van der Waals surface area contributed by atoms with Gasteiger partial charge < -0.3 is 5.73 Å². The van der Waals surface area contributed by atoms with Crippen molar-refractivity contribution < 1.29 is 0 Å². The Labute approximate surface area is 112 Å². The lowest BCUT2D eigenvalue weighted by Crippen LogP contribution is -2.12. The molecule has 0 spiro atoms. The Morgan fingerprint density at radius 3 is 2.59 bits per heavy atom. The second-order valence-electron chi connectivity index (χ2n) is 3.32. The van der Waals surface area contributed by atoms with Crippen LogP contribution in [0.2, 0.25) is 5.02 Å². The zero-order valence-electron chi connectivity index (χ0n) is 8.77. The van der Waals surface area contributed by atoms with Gasteiger partial charge in [-0.25, -0.2) is 9.98 Å². The number of nitrogens with zero attached hydrogens (tertiary/aromatic N) is 2. The largest absolute Gasteiger partial charge is 0.383 e. The van der Waals surface area contributed by atoms with Crippen LogP contribution in [0, 0.1) is 0 Å². The van der Waals surface area contributed by atoms with E-state index in [2.05, 4.69) is 25.9 Å². The van der Waals surface area contributed by atoms with Gasteiger partial charge in [-0.3, -0.25) is 0 Å². The average molecular weight is 311 g/mol. The van der Waals surface area contributed by atoms with Crippen LogP contribution >= 0.6 is 27.5 Å². The van der Waals surface area contributed by atoms with Crippen LogP contribution in [-0.4, -0.2) is 10.8 Å². The summed E-state index contributed by atoms with van der Waals surface area (Å²) in [4.78, 5) is 8.37. The van der Waals surface area contributed by atoms with Gasteiger partial charge in [0.15, 0.2) is 0 Å². The molecule has 2 rings (SSSR count). The van der Waals surface area contributed by atoms with Crippen molar-refractivity contribution in [3.8, 4) is 0 Å². The van der Waals surface area contributed by atoms with E-state index in [-0.39, 0.29) is 0 Å². The predicted octanol–water partition coefficient (Wildman–Crippen LogP) is 3.53. The molecule has 2 aromatic rings. The molecule has 0 saturated carbocycles. The maximum atomic E-state index is 5.90. The third-order valence-electron chi connectivity index (χ3n) is 2.12. The van der Waals surface area contributed by atoms with Crippen LogP contribution in [0.3, 0.4) is 0 Å². The molecule has 3 nitrogen and oxygen atoms in total. The van der Waals surface area contributed by atoms with Gasteiger partial charge in [0.2, 0.25) is 0 Å². The maximum absolute atomic E-state index is 5.90. The van der Waals surface area contributed by atoms with Crippen molar-refractivity contribution in [2.24, 2.45) is 10.7 Å². The molecular formula is C12H9BrClN3. The van der Waals surface area contributed by atoms with Crippen molar-refractivity contribution in [1.82, 2.24) is 4.98 Å². The lowest BCUT2D eigenvalue weighted by molar-refractivity contribution is 1.25. The lowest BCUT2D eigenvalue weighted by Gasteiger charge is -2.02. The van der Waals surface area contributed by atoms with Crippen molar-refractivity contribution in [3.63, 3.8) is 0 Å². The molecule has 5 heteroatoms. The zero-order valence-corrected chi connectivity index (χ0v) is 11.1. The topological polar surface area (TPSA) is 51.3 Å². The van der Waals surface area contributed by atoms with Crippen molar-refractivity contribution in [1.29, 1.82) is 0 Å². The van der Waals surface area contributed by atoms with Gasteiger partial charge in [0.05, 0.1) is 5.69 Å². The first-order valence-electron chi connectivity index (χ1n) is 4.87. The van der Waals surface area contributed by atoms with Gasteiger partial charge in [-0.05, 0) is 52.3 Å². The number of pyridine rings is 1. The third kappa shape index (κ3) is 3.05. The van der Waals surface area contributed by atoms with Gasteiger partial charge in [-0.15, -0.1) is 0 Å². The normalized spacial score (nSPS) is 11.5. The quantitative estimate of drug-likeness (QED) is 0.524. The van der Waals surface area contributed by atoms with Crippen LogP contribution in [0.5, 0.6) is 0 Å². The summed E-state index contributed by atoms with van der Waals surface area (Å²) in [6, 6.07) is 10.8. The van der Waals surface area contributed by atoms with Crippen molar-refractivity contribution in [2.75, 3.05) is 0 Å². The first kappa shape index (κ1) is 12.1. The summed E-state index contributed by atoms with van der Waals surface area (Å²) in [5, 5.41) is 0.670. The highest BCUT2D eigenvalue weighted by atomic mass is 79.9. The lowest BCUT2D eigenvalue weighted by atomic mass is 10.2. The fraction of sp³-hybridized carbons (Fsp3) is 0. The molecule has 0 aliphatic heterocycles. The third-order valence-corrected chi connectivity index (χ3v) is 2.98. The first-order chi connectivity index (χ1) is 8.16. The zero-order chi connectivity index (χ0) is 12.3. The molecule has 2 N–H and O–H groups in total. The fourth-order valence-electron chi connectivity index (χ4n) is 1.28. The number of aliphatic imine (C=N–C) groups is 1. The SMILES string of the molecule is NC(=Nc1cccnc1Br)c1ccc(Cl)cc1. The van der Waals surface area contributed by atoms with Crippen LogP contribution in [0.25, 0.3) is 0 Å². The van der Waals surface area contributed by atoms with Crippen LogP contribution in [0.4, 0.5) is 5.69 Å². The Bertz CT molecular complexity index is 552. The van der Waals surface area contributed by atoms with Crippen molar-refractivity contribution in [2.45, 2.75) is 0 Å². The molecule has 86 valence electrons. The molecule has 0 atom stereocenters. The van der Waals surface area contributed by atoms with E-state index < -0.39 is 0 Å². The first-order valence-corrected chi connectivity index (χ1v) is 6.04. The minimum Gasteiger partial charge on any atom is -0.383 e. The molecule has 1 aromatic carbocycles. The van der Waals surface area contributed by atoms with Crippen molar-refractivity contribution >= 4 is 39.1 Å². The number of rotatable bonds is 2. The van der Waals surface area contributed by atoms with Gasteiger partial charge in [-0.2, -0.15) is 0 Å². The smallest absolute Gasteiger partial charge is 0.131 e. The Hall–Kier alpha value is -1.39. The molecule has 0 radical (unpaired) electrons. The van der Waals surface area contributed by atoms with Gasteiger partial charge in [0.1, 0.15) is 10.4 Å². The minimum atomic E-state index is 0.426. The summed E-state index contributed by atoms with van der Waals surface area (Å²) >= 11 is 9.12. The van der Waals surface area contributed by atoms with E-state index in [9.17, 15) is 0 Å². The van der Waals surface area contributed by atoms with Crippen LogP contribution in [0.15, 0.2) is 52.2 Å². The Morgan fingerprint density at radius 2 is 1.94 bits per heavy atom. The highest BCUT2D eigenvalue weighted by molar-refractivity contribution is 9.10. The molecule has 0 aliphatic carbocycles. The van der Waals surface area contributed by atoms with Gasteiger partial charge in [0.25, 0.3) is 0 Å². The van der Waals surface area contributed by atoms with E-state index in [4.69, 9.17) is 17.3 Å². The minimum absolute atomic E-state index is 0.426. The second-order valence-corrected chi connectivity index (χ2v) is 4.50. The van der Waals surface area contributed by atoms with E-state index >= 15 is 0 Å². The molecule has 0 aliphatic rings. The number of amidine groups is 1. The number of halogens is 2. The molecule has 1 aromatic heterocycles. The Balaban J connectivity index is 2.34. The van der Waals surface area contributed by atoms with E-state index in [1.165, 1.54) is 0 Å². The highest BCUT2D eigenvalue weighted by Gasteiger charge is 2.01. The number of aromatic nitrogens is 1. The highest BCUT2D eigenvalue weighted by Crippen LogP contribution is 2.22. The summed E-state index contributed by atoms with van der Waals surface area (Å²) in [6.45, 7) is 0. The summed E-state index contributed by atoms with van der Waals surface area (Å²) in [5.74, 6) is 0.426. The molecule has 0 bridgehead atoms. The van der Waals surface area contributed by atoms with Gasteiger partial charge in [-0.1, -0.05) is 11.6 Å². The van der Waals surface area contributed by atoms with Crippen molar-refractivity contribution in [3.05, 3.63) is 57.8 Å². The summed E-state index contributed by atoms with van der Waals surface area (Å²) in [6.07, 6.45) is 1.68. The molecule has 1 heterocycles. The molecule has 0 saturated heterocycles. The van der Waals surface area contributed by atoms with Gasteiger partial charge >= 0.3 is 0 Å². The molecule has 0 amide bonds. The van der Waals surface area contributed by atoms with Crippen LogP contribution in [-0.2, 0) is 0 Å². The molecule has 0 fully saturated rings. The summed E-state index contributed by atoms with van der Waals surface area (Å²) < 4.78 is 0.664. The van der Waals surface area contributed by atoms with E-state index in [0.29, 0.717) is 21.1 Å². The van der Waals surface area contributed by atoms with E-state index in [0.717, 1.165) is 5.56 Å². The average Bonchev–Trinajstić information content (AvgIpc) is 2.33. The number of nitrogens with two attached hydrogens (primary N) is 1. The number of hydrogen-bond acceptors (Lipinski definition) is 2. The van der Waals surface area contributed by atoms with E-state index in [1.54, 1.807) is 24.4 Å². The summed E-state index contributed by atoms with van der Waals surface area (Å²) in [7, 11) is 0. The van der Waals surface area contributed by atoms with Crippen LogP contribution in [0.1, 0.15) is 5.56 Å². The predicted molar refractivity (Wildman–Crippen MR) is 73.8 cm³/mol. The Morgan fingerprint density at radius 1 is 1.24 bits per heavy atom. The van der Waals surface area contributed by atoms with Gasteiger partial charge in [0, 0.05) is 16.8 Å². The standard InChI is InChI=1S/C12H9BrClN3/c13-11-10(2-1-7-16-11)17-12(15)8-3-5-9(14)6-4-8/h1-7H,(H2,15,17). The van der Waals surface area contributed by atoms with Crippen LogP contribution < -0.4 is 5.73 Å². The summed E-state index contributed by atoms with van der Waals surface area (Å²) in [5.41, 5.74) is 7.42. The van der Waals surface area contributed by atoms with E-state index in [1.807, 2.05) is 18.2 Å². The molecule has 0 unspecified atom stereocenters. The molecule has 17 heavy (non-hydrogen) atoms. The fourth-order valence-corrected chi connectivity index (χ4v) is 1.74. The Kier molecular flexibility index (Phi) is 3.76.